The number of aromatic amines is 1. The summed E-state index contributed by atoms with van der Waals surface area (Å²) in [5.74, 6) is -0.777. The Kier molecular flexibility index (Phi) is 5.03. The smallest absolute Gasteiger partial charge is 0.307 e. The lowest BCUT2D eigenvalue weighted by atomic mass is 9.66. The van der Waals surface area contributed by atoms with Crippen molar-refractivity contribution in [3.63, 3.8) is 0 Å². The molecule has 0 aliphatic heterocycles. The van der Waals surface area contributed by atoms with E-state index in [4.69, 9.17) is 4.74 Å². The number of hydrogen-bond donors (Lipinski definition) is 1. The van der Waals surface area contributed by atoms with E-state index in [1.165, 1.54) is 7.85 Å². The number of H-pyrrole nitrogens is 1. The molecule has 0 aromatic carbocycles. The maximum absolute atomic E-state index is 15.2. The zero-order valence-corrected chi connectivity index (χ0v) is 13.8. The summed E-state index contributed by atoms with van der Waals surface area (Å²) in [5.41, 5.74) is -0.566. The number of alkyl halides is 2. The van der Waals surface area contributed by atoms with Crippen LogP contribution in [0.15, 0.2) is 0 Å². The molecule has 0 saturated heterocycles. The van der Waals surface area contributed by atoms with Crippen LogP contribution in [0.3, 0.4) is 0 Å². The number of carbonyl (C=O) groups is 1. The highest BCUT2D eigenvalue weighted by molar-refractivity contribution is 14.1. The fraction of sp³-hybridized carbons (Fsp3) is 0.750. The normalized spacial score (nSPS) is 28.1. The highest BCUT2D eigenvalue weighted by atomic mass is 127. The van der Waals surface area contributed by atoms with Gasteiger partial charge in [0.25, 0.3) is 0 Å². The van der Waals surface area contributed by atoms with Crippen LogP contribution in [0.1, 0.15) is 44.0 Å². The molecule has 0 radical (unpaired) electrons. The van der Waals surface area contributed by atoms with Crippen LogP contribution in [-0.2, 0) is 21.5 Å². The Bertz CT molecular complexity index is 481. The SMILES string of the molecule is BC1(F)c2nn[nH]c2CCCCC1CC(=O)OC(C)I. The average Bonchev–Trinajstić information content (AvgIpc) is 2.79. The molecule has 5 nitrogen and oxygen atoms in total. The molecule has 1 aromatic rings. The molecule has 0 fully saturated rings. The summed E-state index contributed by atoms with van der Waals surface area (Å²) < 4.78 is 20.1. The first-order valence-corrected chi connectivity index (χ1v) is 8.08. The Labute approximate surface area is 132 Å². The van der Waals surface area contributed by atoms with Crippen LogP contribution in [-0.4, -0.2) is 33.3 Å². The lowest BCUT2D eigenvalue weighted by Crippen LogP contribution is -2.36. The second kappa shape index (κ2) is 6.40. The van der Waals surface area contributed by atoms with Crippen LogP contribution < -0.4 is 0 Å². The van der Waals surface area contributed by atoms with Gasteiger partial charge in [0.15, 0.2) is 7.85 Å². The van der Waals surface area contributed by atoms with Gasteiger partial charge in [-0.3, -0.25) is 9.89 Å². The van der Waals surface area contributed by atoms with Crippen LogP contribution in [0.5, 0.6) is 0 Å². The summed E-state index contributed by atoms with van der Waals surface area (Å²) in [6.07, 6.45) is 3.32. The lowest BCUT2D eigenvalue weighted by molar-refractivity contribution is -0.146. The van der Waals surface area contributed by atoms with Crippen molar-refractivity contribution in [3.8, 4) is 0 Å². The third-order valence-electron chi connectivity index (χ3n) is 3.79. The van der Waals surface area contributed by atoms with Crippen LogP contribution in [0.4, 0.5) is 4.39 Å². The highest BCUT2D eigenvalue weighted by Gasteiger charge is 2.42. The maximum Gasteiger partial charge on any atom is 0.307 e. The molecule has 1 heterocycles. The fourth-order valence-corrected chi connectivity index (χ4v) is 2.98. The minimum Gasteiger partial charge on any atom is -0.452 e. The van der Waals surface area contributed by atoms with Crippen molar-refractivity contribution < 1.29 is 13.9 Å². The molecular formula is C12H18BFIN3O2. The number of ether oxygens (including phenoxy) is 1. The van der Waals surface area contributed by atoms with Gasteiger partial charge in [-0.1, -0.05) is 11.6 Å². The number of carbonyl (C=O) groups excluding carboxylic acids is 1. The fourth-order valence-electron chi connectivity index (χ4n) is 2.70. The summed E-state index contributed by atoms with van der Waals surface area (Å²) in [6, 6.07) is 0. The standard InChI is InChI=1S/C12H18BFIN3O2/c1-7(15)20-10(19)6-8-4-2-3-5-9-11(12(8,13)14)17-18-16-9/h7-8H,2-6,13H2,1H3,(H,16,17,18). The number of esters is 1. The zero-order valence-electron chi connectivity index (χ0n) is 11.7. The molecule has 0 saturated carbocycles. The first kappa shape index (κ1) is 15.7. The summed E-state index contributed by atoms with van der Waals surface area (Å²) in [5, 5.41) is 10.4. The second-order valence-corrected chi connectivity index (χ2v) is 7.15. The van der Waals surface area contributed by atoms with E-state index >= 15 is 4.39 Å². The molecule has 1 aliphatic rings. The monoisotopic (exact) mass is 393 g/mol. The predicted molar refractivity (Wildman–Crippen MR) is 82.9 cm³/mol. The van der Waals surface area contributed by atoms with E-state index in [1.54, 1.807) is 6.92 Å². The minimum atomic E-state index is -1.66. The number of hydrogen-bond acceptors (Lipinski definition) is 4. The van der Waals surface area contributed by atoms with E-state index in [-0.39, 0.29) is 16.5 Å². The molecule has 2 rings (SSSR count). The summed E-state index contributed by atoms with van der Waals surface area (Å²) in [7, 11) is 1.49. The maximum atomic E-state index is 15.2. The van der Waals surface area contributed by atoms with Gasteiger partial charge in [0.1, 0.15) is 15.4 Å². The molecule has 0 spiro atoms. The van der Waals surface area contributed by atoms with E-state index < -0.39 is 11.5 Å². The Hall–Kier alpha value is -0.665. The van der Waals surface area contributed by atoms with Crippen molar-refractivity contribution in [1.82, 2.24) is 15.4 Å². The third-order valence-corrected chi connectivity index (χ3v) is 4.04. The topological polar surface area (TPSA) is 67.9 Å². The molecule has 1 aliphatic carbocycles. The summed E-state index contributed by atoms with van der Waals surface area (Å²) in [6.45, 7) is 1.78. The van der Waals surface area contributed by atoms with Crippen LogP contribution in [0.25, 0.3) is 0 Å². The lowest BCUT2D eigenvalue weighted by Gasteiger charge is -2.31. The third kappa shape index (κ3) is 3.50. The van der Waals surface area contributed by atoms with Gasteiger partial charge in [-0.05, 0) is 48.8 Å². The van der Waals surface area contributed by atoms with Crippen molar-refractivity contribution in [2.24, 2.45) is 5.92 Å². The van der Waals surface area contributed by atoms with E-state index in [9.17, 15) is 4.79 Å². The van der Waals surface area contributed by atoms with Crippen molar-refractivity contribution in [2.75, 3.05) is 0 Å². The number of aromatic nitrogens is 3. The summed E-state index contributed by atoms with van der Waals surface area (Å²) in [4.78, 5) is 11.8. The number of rotatable bonds is 3. The van der Waals surface area contributed by atoms with Gasteiger partial charge >= 0.3 is 5.97 Å². The molecule has 1 N–H and O–H groups in total. The van der Waals surface area contributed by atoms with Crippen molar-refractivity contribution in [2.45, 2.75) is 48.7 Å². The van der Waals surface area contributed by atoms with Crippen molar-refractivity contribution in [1.29, 1.82) is 0 Å². The molecule has 3 atom stereocenters. The Morgan fingerprint density at radius 3 is 3.15 bits per heavy atom. The van der Waals surface area contributed by atoms with Crippen LogP contribution in [0, 0.1) is 5.92 Å². The second-order valence-electron chi connectivity index (χ2n) is 5.39. The number of halogens is 2. The molecule has 20 heavy (non-hydrogen) atoms. The molecule has 8 heteroatoms. The van der Waals surface area contributed by atoms with Gasteiger partial charge in [-0.15, -0.1) is 5.10 Å². The van der Waals surface area contributed by atoms with Gasteiger partial charge in [0, 0.05) is 5.92 Å². The quantitative estimate of drug-likeness (QED) is 0.367. The van der Waals surface area contributed by atoms with Gasteiger partial charge in [0.05, 0.1) is 12.1 Å². The Morgan fingerprint density at radius 1 is 1.70 bits per heavy atom. The number of aryl methyl sites for hydroxylation is 1. The molecular weight excluding hydrogens is 375 g/mol. The predicted octanol–water partition coefficient (Wildman–Crippen LogP) is 1.62. The molecule has 0 bridgehead atoms. The first-order chi connectivity index (χ1) is 9.41. The van der Waals surface area contributed by atoms with Gasteiger partial charge in [-0.2, -0.15) is 0 Å². The molecule has 0 amide bonds. The van der Waals surface area contributed by atoms with Crippen LogP contribution in [0.2, 0.25) is 0 Å². The first-order valence-electron chi connectivity index (χ1n) is 6.84. The average molecular weight is 393 g/mol. The number of nitrogens with one attached hydrogen (secondary N) is 1. The molecule has 110 valence electrons. The zero-order chi connectivity index (χ0) is 14.8. The van der Waals surface area contributed by atoms with Crippen molar-refractivity contribution >= 4 is 36.4 Å². The molecule has 1 aromatic heterocycles. The van der Waals surface area contributed by atoms with Gasteiger partial charge < -0.3 is 4.74 Å². The largest absolute Gasteiger partial charge is 0.452 e. The van der Waals surface area contributed by atoms with E-state index in [1.807, 2.05) is 22.6 Å². The summed E-state index contributed by atoms with van der Waals surface area (Å²) >= 11 is 2.01. The minimum absolute atomic E-state index is 0.0760. The highest BCUT2D eigenvalue weighted by Crippen LogP contribution is 2.39. The van der Waals surface area contributed by atoms with Crippen LogP contribution >= 0.6 is 22.6 Å². The van der Waals surface area contributed by atoms with Gasteiger partial charge in [0.2, 0.25) is 0 Å². The number of fused-ring (bicyclic) bond motifs is 1. The van der Waals surface area contributed by atoms with Crippen molar-refractivity contribution in [3.05, 3.63) is 11.4 Å². The Balaban J connectivity index is 2.18. The van der Waals surface area contributed by atoms with Gasteiger partial charge in [-0.25, -0.2) is 4.39 Å². The Morgan fingerprint density at radius 2 is 2.45 bits per heavy atom. The number of nitrogens with zero attached hydrogens (tertiary/aromatic N) is 2. The van der Waals surface area contributed by atoms with E-state index in [0.717, 1.165) is 25.0 Å². The molecule has 3 unspecified atom stereocenters. The van der Waals surface area contributed by atoms with E-state index in [2.05, 4.69) is 15.4 Å². The van der Waals surface area contributed by atoms with E-state index in [0.29, 0.717) is 12.1 Å².